The van der Waals surface area contributed by atoms with Crippen LogP contribution in [0.15, 0.2) is 48.5 Å². The van der Waals surface area contributed by atoms with Crippen molar-refractivity contribution in [1.82, 2.24) is 0 Å². The first kappa shape index (κ1) is 13.8. The highest BCUT2D eigenvalue weighted by Gasteiger charge is 2.07. The van der Waals surface area contributed by atoms with Crippen LogP contribution in [0.25, 0.3) is 0 Å². The maximum atomic E-state index is 12.7. The molecule has 0 amide bonds. The van der Waals surface area contributed by atoms with Crippen LogP contribution in [0.1, 0.15) is 15.9 Å². The fraction of sp³-hybridized carbons (Fsp3) is 0.125. The Morgan fingerprint density at radius 1 is 1.10 bits per heavy atom. The second kappa shape index (κ2) is 6.48. The Labute approximate surface area is 116 Å². The van der Waals surface area contributed by atoms with Crippen molar-refractivity contribution in [2.24, 2.45) is 0 Å². The molecule has 0 radical (unpaired) electrons. The van der Waals surface area contributed by atoms with Crippen molar-refractivity contribution in [3.63, 3.8) is 0 Å². The third kappa shape index (κ3) is 3.66. The van der Waals surface area contributed by atoms with Crippen LogP contribution >= 0.6 is 0 Å². The van der Waals surface area contributed by atoms with E-state index >= 15 is 0 Å². The zero-order valence-electron chi connectivity index (χ0n) is 10.7. The molecule has 0 bridgehead atoms. The fourth-order valence-corrected chi connectivity index (χ4v) is 1.66. The maximum Gasteiger partial charge on any atom is 0.200 e. The van der Waals surface area contributed by atoms with Gasteiger partial charge in [-0.1, -0.05) is 12.1 Å². The molecule has 0 heterocycles. The van der Waals surface area contributed by atoms with Gasteiger partial charge in [-0.2, -0.15) is 5.26 Å². The summed E-state index contributed by atoms with van der Waals surface area (Å²) in [5.74, 6) is -0.0381. The van der Waals surface area contributed by atoms with Crippen molar-refractivity contribution in [3.8, 4) is 11.8 Å². The van der Waals surface area contributed by atoms with Crippen LogP contribution in [-0.4, -0.2) is 12.4 Å². The summed E-state index contributed by atoms with van der Waals surface area (Å²) in [5.41, 5.74) is 1.30. The first-order valence-electron chi connectivity index (χ1n) is 6.06. The monoisotopic (exact) mass is 269 g/mol. The largest absolute Gasteiger partial charge is 0.485 e. The highest BCUT2D eigenvalue weighted by molar-refractivity contribution is 5.97. The van der Waals surface area contributed by atoms with Crippen LogP contribution in [0.5, 0.6) is 5.75 Å². The lowest BCUT2D eigenvalue weighted by Crippen LogP contribution is -2.11. The Morgan fingerprint density at radius 2 is 1.75 bits per heavy atom. The summed E-state index contributed by atoms with van der Waals surface area (Å²) in [6.45, 7) is -0.108. The second-order valence-electron chi connectivity index (χ2n) is 4.20. The number of carbonyl (C=O) groups excluding carboxylic acids is 1. The Morgan fingerprint density at radius 3 is 2.35 bits per heavy atom. The van der Waals surface area contributed by atoms with E-state index in [1.807, 2.05) is 0 Å². The summed E-state index contributed by atoms with van der Waals surface area (Å²) < 4.78 is 18.1. The zero-order valence-corrected chi connectivity index (χ0v) is 10.7. The molecule has 0 N–H and O–H groups in total. The predicted molar refractivity (Wildman–Crippen MR) is 72.0 cm³/mol. The molecule has 0 saturated heterocycles. The Bertz CT molecular complexity index is 627. The van der Waals surface area contributed by atoms with Crippen LogP contribution in [-0.2, 0) is 6.42 Å². The average Bonchev–Trinajstić information content (AvgIpc) is 2.47. The van der Waals surface area contributed by atoms with Gasteiger partial charge < -0.3 is 4.74 Å². The molecular weight excluding hydrogens is 257 g/mol. The molecule has 20 heavy (non-hydrogen) atoms. The molecular formula is C16H12FNO2. The predicted octanol–water partition coefficient (Wildman–Crippen LogP) is 3.15. The number of nitrogens with zero attached hydrogens (tertiary/aromatic N) is 1. The van der Waals surface area contributed by atoms with E-state index in [0.717, 1.165) is 5.56 Å². The minimum absolute atomic E-state index is 0.108. The molecule has 0 aliphatic carbocycles. The van der Waals surface area contributed by atoms with Crippen molar-refractivity contribution in [1.29, 1.82) is 5.26 Å². The number of benzene rings is 2. The standard InChI is InChI=1S/C16H12FNO2/c17-14-5-3-13(4-6-14)16(19)11-20-15-7-1-12(2-8-15)9-10-18/h1-8H,9,11H2. The molecule has 0 aliphatic rings. The third-order valence-electron chi connectivity index (χ3n) is 2.74. The highest BCUT2D eigenvalue weighted by Crippen LogP contribution is 2.13. The zero-order chi connectivity index (χ0) is 14.4. The van der Waals surface area contributed by atoms with E-state index in [0.29, 0.717) is 17.7 Å². The number of carbonyl (C=O) groups is 1. The van der Waals surface area contributed by atoms with Crippen LogP contribution < -0.4 is 4.74 Å². The lowest BCUT2D eigenvalue weighted by Gasteiger charge is -2.06. The number of halogens is 1. The minimum atomic E-state index is -0.379. The SMILES string of the molecule is N#CCc1ccc(OCC(=O)c2ccc(F)cc2)cc1. The van der Waals surface area contributed by atoms with E-state index in [4.69, 9.17) is 10.00 Å². The van der Waals surface area contributed by atoms with E-state index in [1.165, 1.54) is 24.3 Å². The molecule has 100 valence electrons. The number of ether oxygens (including phenoxy) is 1. The molecule has 3 nitrogen and oxygen atoms in total. The van der Waals surface area contributed by atoms with Gasteiger partial charge in [0.15, 0.2) is 12.4 Å². The first-order valence-corrected chi connectivity index (χ1v) is 6.06. The summed E-state index contributed by atoms with van der Waals surface area (Å²) in [6.07, 6.45) is 0.342. The van der Waals surface area contributed by atoms with E-state index in [9.17, 15) is 9.18 Å². The molecule has 0 saturated carbocycles. The van der Waals surface area contributed by atoms with Gasteiger partial charge in [0.05, 0.1) is 12.5 Å². The van der Waals surface area contributed by atoms with E-state index < -0.39 is 0 Å². The second-order valence-corrected chi connectivity index (χ2v) is 4.20. The molecule has 2 aromatic carbocycles. The lowest BCUT2D eigenvalue weighted by atomic mass is 10.1. The van der Waals surface area contributed by atoms with Gasteiger partial charge in [0.25, 0.3) is 0 Å². The number of hydrogen-bond donors (Lipinski definition) is 0. The van der Waals surface area contributed by atoms with Crippen molar-refractivity contribution in [2.75, 3.05) is 6.61 Å². The van der Waals surface area contributed by atoms with Crippen LogP contribution in [0.3, 0.4) is 0 Å². The van der Waals surface area contributed by atoms with Crippen LogP contribution in [0.4, 0.5) is 4.39 Å². The average molecular weight is 269 g/mol. The maximum absolute atomic E-state index is 12.7. The topological polar surface area (TPSA) is 50.1 Å². The van der Waals surface area contributed by atoms with E-state index in [2.05, 4.69) is 6.07 Å². The van der Waals surface area contributed by atoms with E-state index in [-0.39, 0.29) is 18.2 Å². The van der Waals surface area contributed by atoms with Crippen molar-refractivity contribution >= 4 is 5.78 Å². The smallest absolute Gasteiger partial charge is 0.200 e. The Balaban J connectivity index is 1.93. The molecule has 0 atom stereocenters. The molecule has 0 unspecified atom stereocenters. The summed E-state index contributed by atoms with van der Waals surface area (Å²) >= 11 is 0. The van der Waals surface area contributed by atoms with Gasteiger partial charge in [0.2, 0.25) is 0 Å². The Kier molecular flexibility index (Phi) is 4.46. The molecule has 4 heteroatoms. The number of nitriles is 1. The molecule has 2 aromatic rings. The van der Waals surface area contributed by atoms with Gasteiger partial charge in [-0.15, -0.1) is 0 Å². The molecule has 2 rings (SSSR count). The molecule has 0 spiro atoms. The number of hydrogen-bond acceptors (Lipinski definition) is 3. The summed E-state index contributed by atoms with van der Waals surface area (Å²) in [4.78, 5) is 11.8. The van der Waals surface area contributed by atoms with Crippen molar-refractivity contribution in [2.45, 2.75) is 6.42 Å². The van der Waals surface area contributed by atoms with Gasteiger partial charge in [-0.05, 0) is 42.0 Å². The molecule has 0 aromatic heterocycles. The van der Waals surface area contributed by atoms with Crippen LogP contribution in [0.2, 0.25) is 0 Å². The van der Waals surface area contributed by atoms with Gasteiger partial charge >= 0.3 is 0 Å². The molecule has 0 fully saturated rings. The van der Waals surface area contributed by atoms with Crippen molar-refractivity contribution < 1.29 is 13.9 Å². The first-order chi connectivity index (χ1) is 9.69. The number of ketones is 1. The summed E-state index contributed by atoms with van der Waals surface area (Å²) in [5, 5.41) is 8.56. The van der Waals surface area contributed by atoms with Gasteiger partial charge in [0.1, 0.15) is 11.6 Å². The fourth-order valence-electron chi connectivity index (χ4n) is 1.66. The van der Waals surface area contributed by atoms with Gasteiger partial charge in [-0.25, -0.2) is 4.39 Å². The Hall–Kier alpha value is -2.67. The van der Waals surface area contributed by atoms with Crippen molar-refractivity contribution in [3.05, 3.63) is 65.5 Å². The van der Waals surface area contributed by atoms with E-state index in [1.54, 1.807) is 24.3 Å². The number of rotatable bonds is 5. The third-order valence-corrected chi connectivity index (χ3v) is 2.74. The number of Topliss-reactive ketones (excluding diaryl/α,β-unsaturated/α-hetero) is 1. The normalized spacial score (nSPS) is 9.80. The quantitative estimate of drug-likeness (QED) is 0.783. The highest BCUT2D eigenvalue weighted by atomic mass is 19.1. The van der Waals surface area contributed by atoms with Gasteiger partial charge in [0, 0.05) is 5.56 Å². The summed E-state index contributed by atoms with van der Waals surface area (Å²) in [7, 11) is 0. The van der Waals surface area contributed by atoms with Gasteiger partial charge in [-0.3, -0.25) is 4.79 Å². The molecule has 0 aliphatic heterocycles. The summed E-state index contributed by atoms with van der Waals surface area (Å²) in [6, 6.07) is 14.4. The van der Waals surface area contributed by atoms with Crippen LogP contribution in [0, 0.1) is 17.1 Å². The lowest BCUT2D eigenvalue weighted by molar-refractivity contribution is 0.0921. The minimum Gasteiger partial charge on any atom is -0.485 e.